The van der Waals surface area contributed by atoms with Crippen LogP contribution in [0.25, 0.3) is 0 Å². The predicted octanol–water partition coefficient (Wildman–Crippen LogP) is 1.24. The molecule has 106 valence electrons. The number of nitrogens with zero attached hydrogens (tertiary/aromatic N) is 1. The average Bonchev–Trinajstić information content (AvgIpc) is 2.35. The quantitative estimate of drug-likeness (QED) is 0.752. The van der Waals surface area contributed by atoms with Crippen LogP contribution in [0.15, 0.2) is 0 Å². The van der Waals surface area contributed by atoms with Gasteiger partial charge in [0, 0.05) is 32.2 Å². The van der Waals surface area contributed by atoms with Crippen LogP contribution in [0.1, 0.15) is 40.0 Å². The molecule has 1 aliphatic rings. The van der Waals surface area contributed by atoms with E-state index in [0.29, 0.717) is 24.3 Å². The zero-order valence-electron chi connectivity index (χ0n) is 12.0. The van der Waals surface area contributed by atoms with E-state index in [-0.39, 0.29) is 12.5 Å². The first-order chi connectivity index (χ1) is 8.56. The average molecular weight is 256 g/mol. The van der Waals surface area contributed by atoms with Crippen molar-refractivity contribution in [2.75, 3.05) is 26.2 Å². The summed E-state index contributed by atoms with van der Waals surface area (Å²) in [4.78, 5) is 13.8. The minimum Gasteiger partial charge on any atom is -0.396 e. The third-order valence-electron chi connectivity index (χ3n) is 3.54. The molecule has 0 aliphatic carbocycles. The number of aliphatic hydroxyl groups excluding tert-OH is 1. The van der Waals surface area contributed by atoms with Crippen LogP contribution in [0.4, 0.5) is 0 Å². The third kappa shape index (κ3) is 4.94. The minimum absolute atomic E-state index is 0.218. The van der Waals surface area contributed by atoms with Crippen LogP contribution in [0, 0.1) is 11.8 Å². The first-order valence-electron chi connectivity index (χ1n) is 7.18. The first kappa shape index (κ1) is 15.4. The summed E-state index contributed by atoms with van der Waals surface area (Å²) in [5.41, 5.74) is 0. The fourth-order valence-electron chi connectivity index (χ4n) is 2.57. The molecule has 0 spiro atoms. The Kier molecular flexibility index (Phi) is 6.65. The number of hydrogen-bond acceptors (Lipinski definition) is 3. The van der Waals surface area contributed by atoms with Gasteiger partial charge in [-0.15, -0.1) is 0 Å². The van der Waals surface area contributed by atoms with E-state index in [1.54, 1.807) is 0 Å². The lowest BCUT2D eigenvalue weighted by atomic mass is 9.91. The topological polar surface area (TPSA) is 52.6 Å². The smallest absolute Gasteiger partial charge is 0.222 e. The zero-order chi connectivity index (χ0) is 13.5. The van der Waals surface area contributed by atoms with Crippen LogP contribution in [0.3, 0.4) is 0 Å². The highest BCUT2D eigenvalue weighted by atomic mass is 16.3. The highest BCUT2D eigenvalue weighted by molar-refractivity contribution is 5.76. The van der Waals surface area contributed by atoms with E-state index in [0.717, 1.165) is 32.5 Å². The van der Waals surface area contributed by atoms with Crippen LogP contribution in [-0.4, -0.2) is 48.2 Å². The number of nitrogens with one attached hydrogen (secondary N) is 1. The van der Waals surface area contributed by atoms with Gasteiger partial charge in [0.25, 0.3) is 0 Å². The Balaban J connectivity index is 2.53. The molecule has 4 nitrogen and oxygen atoms in total. The van der Waals surface area contributed by atoms with Crippen LogP contribution < -0.4 is 5.32 Å². The van der Waals surface area contributed by atoms with Gasteiger partial charge >= 0.3 is 0 Å². The molecule has 0 saturated carbocycles. The van der Waals surface area contributed by atoms with E-state index < -0.39 is 0 Å². The monoisotopic (exact) mass is 256 g/mol. The van der Waals surface area contributed by atoms with E-state index >= 15 is 0 Å². The Labute approximate surface area is 111 Å². The van der Waals surface area contributed by atoms with E-state index in [1.165, 1.54) is 0 Å². The van der Waals surface area contributed by atoms with Crippen molar-refractivity contribution in [1.29, 1.82) is 0 Å². The second kappa shape index (κ2) is 7.74. The largest absolute Gasteiger partial charge is 0.396 e. The van der Waals surface area contributed by atoms with Crippen molar-refractivity contribution in [1.82, 2.24) is 10.2 Å². The number of carbonyl (C=O) groups excluding carboxylic acids is 1. The van der Waals surface area contributed by atoms with Gasteiger partial charge in [0.1, 0.15) is 0 Å². The minimum atomic E-state index is 0.218. The Morgan fingerprint density at radius 1 is 1.44 bits per heavy atom. The van der Waals surface area contributed by atoms with E-state index in [2.05, 4.69) is 19.2 Å². The summed E-state index contributed by atoms with van der Waals surface area (Å²) in [7, 11) is 0. The molecule has 1 fully saturated rings. The SMILES string of the molecule is CCC(=O)N1CC(CCO)CC(NCC(C)C)C1. The molecular weight excluding hydrogens is 228 g/mol. The van der Waals surface area contributed by atoms with Crippen molar-refractivity contribution >= 4 is 5.91 Å². The Hall–Kier alpha value is -0.610. The van der Waals surface area contributed by atoms with Crippen molar-refractivity contribution in [2.24, 2.45) is 11.8 Å². The molecule has 1 amide bonds. The molecule has 18 heavy (non-hydrogen) atoms. The molecular formula is C14H28N2O2. The number of amides is 1. The van der Waals surface area contributed by atoms with E-state index in [1.807, 2.05) is 11.8 Å². The van der Waals surface area contributed by atoms with Crippen molar-refractivity contribution < 1.29 is 9.90 Å². The number of carbonyl (C=O) groups is 1. The fourth-order valence-corrected chi connectivity index (χ4v) is 2.57. The summed E-state index contributed by atoms with van der Waals surface area (Å²) in [6, 6.07) is 0.383. The number of hydrogen-bond donors (Lipinski definition) is 2. The molecule has 0 bridgehead atoms. The highest BCUT2D eigenvalue weighted by Crippen LogP contribution is 2.20. The lowest BCUT2D eigenvalue weighted by molar-refractivity contribution is -0.133. The van der Waals surface area contributed by atoms with Crippen molar-refractivity contribution in [2.45, 2.75) is 46.1 Å². The van der Waals surface area contributed by atoms with Gasteiger partial charge in [-0.05, 0) is 31.2 Å². The Morgan fingerprint density at radius 2 is 2.17 bits per heavy atom. The number of rotatable bonds is 6. The molecule has 2 unspecified atom stereocenters. The Bertz CT molecular complexity index is 256. The molecule has 2 N–H and O–H groups in total. The zero-order valence-corrected chi connectivity index (χ0v) is 12.0. The molecule has 4 heteroatoms. The first-order valence-corrected chi connectivity index (χ1v) is 7.18. The van der Waals surface area contributed by atoms with Crippen LogP contribution in [0.2, 0.25) is 0 Å². The van der Waals surface area contributed by atoms with Gasteiger partial charge < -0.3 is 15.3 Å². The molecule has 0 aromatic carbocycles. The number of likely N-dealkylation sites (tertiary alicyclic amines) is 1. The summed E-state index contributed by atoms with van der Waals surface area (Å²) >= 11 is 0. The molecule has 0 aromatic rings. The van der Waals surface area contributed by atoms with Gasteiger partial charge in [-0.3, -0.25) is 4.79 Å². The van der Waals surface area contributed by atoms with Gasteiger partial charge in [0.05, 0.1) is 0 Å². The lowest BCUT2D eigenvalue weighted by Gasteiger charge is -2.38. The van der Waals surface area contributed by atoms with Crippen molar-refractivity contribution in [3.8, 4) is 0 Å². The van der Waals surface area contributed by atoms with E-state index in [9.17, 15) is 4.79 Å². The van der Waals surface area contributed by atoms with E-state index in [4.69, 9.17) is 5.11 Å². The number of aliphatic hydroxyl groups is 1. The summed E-state index contributed by atoms with van der Waals surface area (Å²) in [6.07, 6.45) is 2.44. The summed E-state index contributed by atoms with van der Waals surface area (Å²) in [5.74, 6) is 1.29. The fraction of sp³-hybridized carbons (Fsp3) is 0.929. The summed E-state index contributed by atoms with van der Waals surface area (Å²) < 4.78 is 0. The normalized spacial score (nSPS) is 24.6. The highest BCUT2D eigenvalue weighted by Gasteiger charge is 2.28. The second-order valence-corrected chi connectivity index (χ2v) is 5.77. The van der Waals surface area contributed by atoms with Crippen LogP contribution in [0.5, 0.6) is 0 Å². The maximum absolute atomic E-state index is 11.8. The number of piperidine rings is 1. The predicted molar refractivity (Wildman–Crippen MR) is 73.3 cm³/mol. The summed E-state index contributed by atoms with van der Waals surface area (Å²) in [6.45, 7) is 9.13. The van der Waals surface area contributed by atoms with Gasteiger partial charge in [0.2, 0.25) is 5.91 Å². The molecule has 1 heterocycles. The molecule has 2 atom stereocenters. The summed E-state index contributed by atoms with van der Waals surface area (Å²) in [5, 5.41) is 12.6. The molecule has 1 rings (SSSR count). The van der Waals surface area contributed by atoms with Crippen LogP contribution in [-0.2, 0) is 4.79 Å². The standard InChI is InChI=1S/C14H28N2O2/c1-4-14(18)16-9-12(5-6-17)7-13(10-16)15-8-11(2)3/h11-13,15,17H,4-10H2,1-3H3. The molecule has 1 saturated heterocycles. The second-order valence-electron chi connectivity index (χ2n) is 5.77. The van der Waals surface area contributed by atoms with Crippen molar-refractivity contribution in [3.63, 3.8) is 0 Å². The molecule has 0 aromatic heterocycles. The van der Waals surface area contributed by atoms with Crippen molar-refractivity contribution in [3.05, 3.63) is 0 Å². The van der Waals surface area contributed by atoms with Crippen LogP contribution >= 0.6 is 0 Å². The van der Waals surface area contributed by atoms with Gasteiger partial charge in [0.15, 0.2) is 0 Å². The third-order valence-corrected chi connectivity index (χ3v) is 3.54. The maximum Gasteiger partial charge on any atom is 0.222 e. The molecule has 0 radical (unpaired) electrons. The Morgan fingerprint density at radius 3 is 2.72 bits per heavy atom. The van der Waals surface area contributed by atoms with Gasteiger partial charge in [-0.2, -0.15) is 0 Å². The van der Waals surface area contributed by atoms with Gasteiger partial charge in [-0.25, -0.2) is 0 Å². The maximum atomic E-state index is 11.8. The van der Waals surface area contributed by atoms with Gasteiger partial charge in [-0.1, -0.05) is 20.8 Å². The lowest BCUT2D eigenvalue weighted by Crippen LogP contribution is -2.51. The molecule has 1 aliphatic heterocycles.